The number of rotatable bonds is 4. The molecule has 124 valence electrons. The van der Waals surface area contributed by atoms with Crippen molar-refractivity contribution in [2.24, 2.45) is 0 Å². The van der Waals surface area contributed by atoms with E-state index in [1.807, 2.05) is 28.8 Å². The largest absolute Gasteiger partial charge is 0.378 e. The standard InChI is InChI=1S/C18H25N3O2/c22-18-19-16-5-1-2-6-17(16)21(18)14-7-10-20(11-8-14)12-9-15-4-3-13-23-15/h1-2,5-6,14-15H,3-4,7-13H2,(H,19,22). The van der Waals surface area contributed by atoms with Crippen LogP contribution in [0.1, 0.15) is 38.1 Å². The van der Waals surface area contributed by atoms with Gasteiger partial charge in [-0.25, -0.2) is 4.79 Å². The van der Waals surface area contributed by atoms with E-state index in [-0.39, 0.29) is 5.69 Å². The molecule has 5 nitrogen and oxygen atoms in total. The van der Waals surface area contributed by atoms with Crippen molar-refractivity contribution in [1.82, 2.24) is 14.5 Å². The number of likely N-dealkylation sites (tertiary alicyclic amines) is 1. The molecule has 2 saturated heterocycles. The van der Waals surface area contributed by atoms with Crippen LogP contribution >= 0.6 is 0 Å². The fourth-order valence-electron chi connectivity index (χ4n) is 4.04. The maximum atomic E-state index is 12.3. The van der Waals surface area contributed by atoms with Crippen LogP contribution in [0.15, 0.2) is 29.1 Å². The minimum atomic E-state index is 0.0315. The molecule has 0 bridgehead atoms. The van der Waals surface area contributed by atoms with Gasteiger partial charge in [0.05, 0.1) is 17.1 Å². The molecule has 0 aliphatic carbocycles. The SMILES string of the molecule is O=c1[nH]c2ccccc2n1C1CCN(CCC2CCCO2)CC1. The van der Waals surface area contributed by atoms with Crippen LogP contribution < -0.4 is 5.69 Å². The summed E-state index contributed by atoms with van der Waals surface area (Å²) in [6.07, 6.45) is 6.17. The van der Waals surface area contributed by atoms with Crippen LogP contribution in [0.3, 0.4) is 0 Å². The Morgan fingerprint density at radius 3 is 2.78 bits per heavy atom. The van der Waals surface area contributed by atoms with Crippen molar-refractivity contribution >= 4 is 11.0 Å². The highest BCUT2D eigenvalue weighted by Crippen LogP contribution is 2.25. The summed E-state index contributed by atoms with van der Waals surface area (Å²) in [5, 5.41) is 0. The summed E-state index contributed by atoms with van der Waals surface area (Å²) in [4.78, 5) is 17.8. The van der Waals surface area contributed by atoms with Gasteiger partial charge in [-0.05, 0) is 44.2 Å². The van der Waals surface area contributed by atoms with Gasteiger partial charge in [0, 0.05) is 32.3 Å². The number of para-hydroxylation sites is 2. The van der Waals surface area contributed by atoms with Gasteiger partial charge in [-0.2, -0.15) is 0 Å². The van der Waals surface area contributed by atoms with E-state index < -0.39 is 0 Å². The number of hydrogen-bond acceptors (Lipinski definition) is 3. The lowest BCUT2D eigenvalue weighted by Gasteiger charge is -2.33. The van der Waals surface area contributed by atoms with Gasteiger partial charge in [0.2, 0.25) is 0 Å². The molecule has 1 aromatic carbocycles. The zero-order valence-corrected chi connectivity index (χ0v) is 13.5. The molecule has 0 spiro atoms. The molecule has 5 heteroatoms. The highest BCUT2D eigenvalue weighted by molar-refractivity contribution is 5.75. The lowest BCUT2D eigenvalue weighted by atomic mass is 10.0. The van der Waals surface area contributed by atoms with Crippen molar-refractivity contribution in [2.45, 2.75) is 44.2 Å². The molecule has 1 atom stereocenters. The first kappa shape index (κ1) is 15.0. The average Bonchev–Trinajstić information content (AvgIpc) is 3.20. The van der Waals surface area contributed by atoms with Gasteiger partial charge in [0.1, 0.15) is 0 Å². The van der Waals surface area contributed by atoms with Gasteiger partial charge < -0.3 is 14.6 Å². The predicted molar refractivity (Wildman–Crippen MR) is 90.9 cm³/mol. The highest BCUT2D eigenvalue weighted by Gasteiger charge is 2.24. The Labute approximate surface area is 136 Å². The third-order valence-corrected chi connectivity index (χ3v) is 5.34. The minimum absolute atomic E-state index is 0.0315. The van der Waals surface area contributed by atoms with Crippen molar-refractivity contribution in [3.05, 3.63) is 34.7 Å². The normalized spacial score (nSPS) is 23.7. The summed E-state index contributed by atoms with van der Waals surface area (Å²) in [5.41, 5.74) is 2.01. The fraction of sp³-hybridized carbons (Fsp3) is 0.611. The molecule has 4 rings (SSSR count). The summed E-state index contributed by atoms with van der Waals surface area (Å²) in [6.45, 7) is 4.21. The maximum Gasteiger partial charge on any atom is 0.326 e. The molecule has 1 N–H and O–H groups in total. The van der Waals surface area contributed by atoms with Crippen LogP contribution in [0.5, 0.6) is 0 Å². The van der Waals surface area contributed by atoms with E-state index in [1.165, 1.54) is 12.8 Å². The van der Waals surface area contributed by atoms with E-state index in [0.717, 1.165) is 56.5 Å². The Balaban J connectivity index is 1.39. The molecule has 1 aromatic heterocycles. The van der Waals surface area contributed by atoms with Gasteiger partial charge in [-0.15, -0.1) is 0 Å². The van der Waals surface area contributed by atoms with E-state index in [4.69, 9.17) is 4.74 Å². The zero-order chi connectivity index (χ0) is 15.6. The molecule has 0 amide bonds. The summed E-state index contributed by atoms with van der Waals surface area (Å²) in [5.74, 6) is 0. The van der Waals surface area contributed by atoms with E-state index in [0.29, 0.717) is 12.1 Å². The second kappa shape index (κ2) is 6.49. The first-order chi connectivity index (χ1) is 11.3. The van der Waals surface area contributed by atoms with Crippen molar-refractivity contribution in [2.75, 3.05) is 26.2 Å². The first-order valence-electron chi connectivity index (χ1n) is 8.84. The quantitative estimate of drug-likeness (QED) is 0.943. The Hall–Kier alpha value is -1.59. The topological polar surface area (TPSA) is 50.3 Å². The number of imidazole rings is 1. The number of benzene rings is 1. The lowest BCUT2D eigenvalue weighted by Crippen LogP contribution is -2.38. The maximum absolute atomic E-state index is 12.3. The molecular weight excluding hydrogens is 290 g/mol. The number of H-pyrrole nitrogens is 1. The van der Waals surface area contributed by atoms with Crippen molar-refractivity contribution in [3.8, 4) is 0 Å². The molecule has 2 aromatic rings. The number of aromatic amines is 1. The van der Waals surface area contributed by atoms with E-state index in [1.54, 1.807) is 0 Å². The number of fused-ring (bicyclic) bond motifs is 1. The Morgan fingerprint density at radius 2 is 2.00 bits per heavy atom. The summed E-state index contributed by atoms with van der Waals surface area (Å²) < 4.78 is 7.68. The van der Waals surface area contributed by atoms with Gasteiger partial charge in [-0.3, -0.25) is 4.57 Å². The van der Waals surface area contributed by atoms with Gasteiger partial charge in [0.25, 0.3) is 0 Å². The van der Waals surface area contributed by atoms with E-state index in [2.05, 4.69) is 9.88 Å². The summed E-state index contributed by atoms with van der Waals surface area (Å²) in [6, 6.07) is 8.30. The van der Waals surface area contributed by atoms with Crippen LogP contribution in [0.4, 0.5) is 0 Å². The van der Waals surface area contributed by atoms with E-state index in [9.17, 15) is 4.79 Å². The van der Waals surface area contributed by atoms with Crippen LogP contribution in [0, 0.1) is 0 Å². The number of ether oxygens (including phenoxy) is 1. The molecule has 2 aliphatic heterocycles. The fourth-order valence-corrected chi connectivity index (χ4v) is 4.04. The monoisotopic (exact) mass is 315 g/mol. The molecular formula is C18H25N3O2. The Bertz CT molecular complexity index is 706. The lowest BCUT2D eigenvalue weighted by molar-refractivity contribution is 0.0856. The third kappa shape index (κ3) is 3.08. The summed E-state index contributed by atoms with van der Waals surface area (Å²) in [7, 11) is 0. The molecule has 1 unspecified atom stereocenters. The van der Waals surface area contributed by atoms with Gasteiger partial charge in [-0.1, -0.05) is 12.1 Å². The molecule has 3 heterocycles. The smallest absolute Gasteiger partial charge is 0.326 e. The van der Waals surface area contributed by atoms with E-state index >= 15 is 0 Å². The van der Waals surface area contributed by atoms with Crippen molar-refractivity contribution < 1.29 is 4.74 Å². The molecule has 2 fully saturated rings. The Kier molecular flexibility index (Phi) is 4.23. The highest BCUT2D eigenvalue weighted by atomic mass is 16.5. The molecule has 0 radical (unpaired) electrons. The average molecular weight is 315 g/mol. The molecule has 2 aliphatic rings. The minimum Gasteiger partial charge on any atom is -0.378 e. The van der Waals surface area contributed by atoms with Gasteiger partial charge in [0.15, 0.2) is 0 Å². The van der Waals surface area contributed by atoms with Gasteiger partial charge >= 0.3 is 5.69 Å². The van der Waals surface area contributed by atoms with Crippen LogP contribution in [-0.4, -0.2) is 46.8 Å². The predicted octanol–water partition coefficient (Wildman–Crippen LogP) is 2.54. The van der Waals surface area contributed by atoms with Crippen LogP contribution in [0.2, 0.25) is 0 Å². The van der Waals surface area contributed by atoms with Crippen molar-refractivity contribution in [1.29, 1.82) is 0 Å². The third-order valence-electron chi connectivity index (χ3n) is 5.34. The molecule has 0 saturated carbocycles. The number of piperidine rings is 1. The number of hydrogen-bond donors (Lipinski definition) is 1. The Morgan fingerprint density at radius 1 is 1.17 bits per heavy atom. The van der Waals surface area contributed by atoms with Crippen molar-refractivity contribution in [3.63, 3.8) is 0 Å². The zero-order valence-electron chi connectivity index (χ0n) is 13.5. The number of aromatic nitrogens is 2. The first-order valence-corrected chi connectivity index (χ1v) is 8.84. The second-order valence-corrected chi connectivity index (χ2v) is 6.81. The molecule has 23 heavy (non-hydrogen) atoms. The van der Waals surface area contributed by atoms with Crippen LogP contribution in [-0.2, 0) is 4.74 Å². The second-order valence-electron chi connectivity index (χ2n) is 6.81. The summed E-state index contributed by atoms with van der Waals surface area (Å²) >= 11 is 0. The number of nitrogens with zero attached hydrogens (tertiary/aromatic N) is 2. The van der Waals surface area contributed by atoms with Crippen LogP contribution in [0.25, 0.3) is 11.0 Å². The number of nitrogens with one attached hydrogen (secondary N) is 1.